The van der Waals surface area contributed by atoms with Crippen LogP contribution in [-0.2, 0) is 38.5 Å². The minimum atomic E-state index is -0.638. The van der Waals surface area contributed by atoms with Crippen molar-refractivity contribution in [1.82, 2.24) is 20.1 Å². The molecule has 1 unspecified atom stereocenters. The smallest absolute Gasteiger partial charge is 0.249 e. The van der Waals surface area contributed by atoms with Crippen LogP contribution in [0.15, 0.2) is 42.6 Å². The highest BCUT2D eigenvalue weighted by molar-refractivity contribution is 6.31. The number of aromatic nitrogens is 1. The Hall–Kier alpha value is -3.40. The van der Waals surface area contributed by atoms with Crippen LogP contribution in [0.2, 0.25) is 5.02 Å². The number of carbonyl (C=O) groups is 3. The maximum atomic E-state index is 12.7. The Morgan fingerprint density at radius 2 is 1.92 bits per heavy atom. The summed E-state index contributed by atoms with van der Waals surface area (Å²) in [5.41, 5.74) is 2.81. The Balaban J connectivity index is 1.19. The number of piperidine rings is 1. The lowest BCUT2D eigenvalue weighted by atomic mass is 10.0. The average Bonchev–Trinajstić information content (AvgIpc) is 3.23. The largest absolute Gasteiger partial charge is 0.494 e. The summed E-state index contributed by atoms with van der Waals surface area (Å²) in [6.45, 7) is 4.60. The number of imide groups is 1. The molecule has 10 heteroatoms. The predicted octanol–water partition coefficient (Wildman–Crippen LogP) is 2.71. The number of hydrogen-bond donors (Lipinski definition) is 3. The second-order valence-electron chi connectivity index (χ2n) is 9.83. The molecule has 9 nitrogen and oxygen atoms in total. The summed E-state index contributed by atoms with van der Waals surface area (Å²) in [6.07, 6.45) is 3.34. The molecular formula is C28H31ClN4O5. The van der Waals surface area contributed by atoms with E-state index in [2.05, 4.69) is 15.5 Å². The van der Waals surface area contributed by atoms with Crippen molar-refractivity contribution >= 4 is 40.1 Å². The number of nitrogens with zero attached hydrogens (tertiary/aromatic N) is 2. The Bertz CT molecular complexity index is 1360. The van der Waals surface area contributed by atoms with Crippen molar-refractivity contribution in [2.24, 2.45) is 0 Å². The van der Waals surface area contributed by atoms with Crippen molar-refractivity contribution in [2.75, 3.05) is 32.8 Å². The number of carbonyl (C=O) groups excluding carboxylic acids is 3. The van der Waals surface area contributed by atoms with E-state index in [1.54, 1.807) is 12.3 Å². The third-order valence-electron chi connectivity index (χ3n) is 7.19. The summed E-state index contributed by atoms with van der Waals surface area (Å²) >= 11 is 6.42. The lowest BCUT2D eigenvalue weighted by Gasteiger charge is -2.26. The number of aromatic hydroxyl groups is 1. The minimum Gasteiger partial charge on any atom is -0.494 e. The molecule has 2 aromatic carbocycles. The van der Waals surface area contributed by atoms with Gasteiger partial charge in [-0.1, -0.05) is 29.8 Å². The van der Waals surface area contributed by atoms with Gasteiger partial charge in [0.2, 0.25) is 17.7 Å². The molecule has 200 valence electrons. The van der Waals surface area contributed by atoms with E-state index in [0.29, 0.717) is 23.4 Å². The van der Waals surface area contributed by atoms with Gasteiger partial charge < -0.3 is 19.7 Å². The molecule has 38 heavy (non-hydrogen) atoms. The molecule has 5 rings (SSSR count). The highest BCUT2D eigenvalue weighted by Gasteiger charge is 2.30. The molecule has 3 N–H and O–H groups in total. The molecule has 2 aliphatic heterocycles. The van der Waals surface area contributed by atoms with Crippen LogP contribution < -0.4 is 10.6 Å². The Labute approximate surface area is 225 Å². The van der Waals surface area contributed by atoms with Gasteiger partial charge >= 0.3 is 0 Å². The van der Waals surface area contributed by atoms with Crippen molar-refractivity contribution in [3.05, 3.63) is 64.3 Å². The fraction of sp³-hybridized carbons (Fsp3) is 0.393. The zero-order valence-corrected chi connectivity index (χ0v) is 21.8. The minimum absolute atomic E-state index is 0.0164. The summed E-state index contributed by atoms with van der Waals surface area (Å²) in [7, 11) is 0. The molecule has 3 aromatic rings. The van der Waals surface area contributed by atoms with Gasteiger partial charge in [0.05, 0.1) is 19.6 Å². The van der Waals surface area contributed by atoms with E-state index in [1.165, 1.54) is 4.57 Å². The molecule has 0 radical (unpaired) electrons. The van der Waals surface area contributed by atoms with Crippen LogP contribution in [0.25, 0.3) is 10.8 Å². The van der Waals surface area contributed by atoms with Crippen molar-refractivity contribution < 1.29 is 24.2 Å². The van der Waals surface area contributed by atoms with Crippen molar-refractivity contribution in [2.45, 2.75) is 38.3 Å². The fourth-order valence-electron chi connectivity index (χ4n) is 5.05. The number of nitrogens with one attached hydrogen (secondary N) is 2. The molecule has 3 amide bonds. The van der Waals surface area contributed by atoms with Gasteiger partial charge in [-0.05, 0) is 47.7 Å². The van der Waals surface area contributed by atoms with Gasteiger partial charge in [0.1, 0.15) is 6.04 Å². The third kappa shape index (κ3) is 6.01. The number of morpholine rings is 1. The lowest BCUT2D eigenvalue weighted by molar-refractivity contribution is -0.135. The van der Waals surface area contributed by atoms with E-state index in [4.69, 9.17) is 16.3 Å². The van der Waals surface area contributed by atoms with Crippen LogP contribution in [0.3, 0.4) is 0 Å². The van der Waals surface area contributed by atoms with Crippen molar-refractivity contribution in [3.8, 4) is 5.88 Å². The van der Waals surface area contributed by atoms with E-state index in [-0.39, 0.29) is 30.5 Å². The molecular weight excluding hydrogens is 508 g/mol. The molecule has 0 saturated carbocycles. The number of ether oxygens (including phenoxy) is 1. The zero-order valence-electron chi connectivity index (χ0n) is 21.0. The maximum Gasteiger partial charge on any atom is 0.249 e. The third-order valence-corrected chi connectivity index (χ3v) is 7.56. The maximum absolute atomic E-state index is 12.7. The van der Waals surface area contributed by atoms with E-state index < -0.39 is 11.9 Å². The molecule has 1 atom stereocenters. The zero-order chi connectivity index (χ0) is 26.6. The number of benzene rings is 2. The van der Waals surface area contributed by atoms with Crippen LogP contribution in [0.1, 0.15) is 35.6 Å². The van der Waals surface area contributed by atoms with E-state index in [1.807, 2.05) is 30.3 Å². The highest BCUT2D eigenvalue weighted by Crippen LogP contribution is 2.33. The van der Waals surface area contributed by atoms with Gasteiger partial charge in [0.15, 0.2) is 5.88 Å². The average molecular weight is 539 g/mol. The first-order valence-corrected chi connectivity index (χ1v) is 13.3. The summed E-state index contributed by atoms with van der Waals surface area (Å²) in [4.78, 5) is 38.8. The van der Waals surface area contributed by atoms with Crippen molar-refractivity contribution in [1.29, 1.82) is 0 Å². The second-order valence-corrected chi connectivity index (χ2v) is 10.2. The SMILES string of the molecule is O=C(Cc1ccc(Cl)c(CCN2CCOCC2)c1)NCc1ccc2c(O)n(C3CCC(=O)NC3=O)cc2c1. The van der Waals surface area contributed by atoms with E-state index in [9.17, 15) is 19.5 Å². The first kappa shape index (κ1) is 26.2. The summed E-state index contributed by atoms with van der Waals surface area (Å²) in [6, 6.07) is 10.6. The predicted molar refractivity (Wildman–Crippen MR) is 143 cm³/mol. The van der Waals surface area contributed by atoms with Crippen LogP contribution in [0, 0.1) is 0 Å². The molecule has 2 fully saturated rings. The topological polar surface area (TPSA) is 113 Å². The first-order valence-electron chi connectivity index (χ1n) is 12.9. The summed E-state index contributed by atoms with van der Waals surface area (Å²) < 4.78 is 6.91. The van der Waals surface area contributed by atoms with E-state index >= 15 is 0 Å². The van der Waals surface area contributed by atoms with Gasteiger partial charge in [-0.15, -0.1) is 0 Å². The second kappa shape index (κ2) is 11.6. The number of fused-ring (bicyclic) bond motifs is 1. The van der Waals surface area contributed by atoms with Crippen LogP contribution in [-0.4, -0.2) is 65.1 Å². The molecule has 2 saturated heterocycles. The van der Waals surface area contributed by atoms with Gasteiger partial charge in [0.25, 0.3) is 0 Å². The molecule has 0 aliphatic carbocycles. The van der Waals surface area contributed by atoms with Crippen LogP contribution >= 0.6 is 11.6 Å². The first-order chi connectivity index (χ1) is 18.4. The quantitative estimate of drug-likeness (QED) is 0.380. The Morgan fingerprint density at radius 1 is 1.13 bits per heavy atom. The molecule has 0 bridgehead atoms. The fourth-order valence-corrected chi connectivity index (χ4v) is 5.26. The Morgan fingerprint density at radius 3 is 2.71 bits per heavy atom. The van der Waals surface area contributed by atoms with Crippen LogP contribution in [0.5, 0.6) is 5.88 Å². The standard InChI is InChI=1S/C28H31ClN4O5/c29-23-4-2-18(13-20(23)7-8-32-9-11-38-12-10-32)15-26(35)30-16-19-1-3-22-21(14-19)17-33(28(22)37)24-5-6-25(34)31-27(24)36/h1-4,13-14,17,24,37H,5-12,15-16H2,(H,30,35)(H,31,34,36). The number of amides is 3. The lowest BCUT2D eigenvalue weighted by Crippen LogP contribution is -2.41. The van der Waals surface area contributed by atoms with E-state index in [0.717, 1.165) is 61.3 Å². The molecule has 1 aromatic heterocycles. The summed E-state index contributed by atoms with van der Waals surface area (Å²) in [5.74, 6) is -0.841. The monoisotopic (exact) mass is 538 g/mol. The van der Waals surface area contributed by atoms with Gasteiger partial charge in [-0.25, -0.2) is 0 Å². The molecule has 3 heterocycles. The normalized spacial score (nSPS) is 18.5. The summed E-state index contributed by atoms with van der Waals surface area (Å²) in [5, 5.41) is 18.0. The van der Waals surface area contributed by atoms with Gasteiger partial charge in [0, 0.05) is 54.6 Å². The number of halogens is 1. The molecule has 2 aliphatic rings. The highest BCUT2D eigenvalue weighted by atomic mass is 35.5. The van der Waals surface area contributed by atoms with Gasteiger partial charge in [-0.3, -0.25) is 24.6 Å². The number of hydrogen-bond acceptors (Lipinski definition) is 6. The van der Waals surface area contributed by atoms with Crippen LogP contribution in [0.4, 0.5) is 0 Å². The van der Waals surface area contributed by atoms with Gasteiger partial charge in [-0.2, -0.15) is 0 Å². The number of rotatable bonds is 8. The Kier molecular flexibility index (Phi) is 7.97. The molecule has 0 spiro atoms. The van der Waals surface area contributed by atoms with Crippen molar-refractivity contribution in [3.63, 3.8) is 0 Å².